The standard InChI is InChI=1S/C22H24N4O3/c1-16-5-3-4-6-18(16)15-24-13-14-25-20(21(24)27)23-26(22(25)28)12-11-17-7-9-19(29-2)10-8-17/h3-10H,11-15H2,1-2H3. The minimum absolute atomic E-state index is 0.195. The van der Waals surface area contributed by atoms with E-state index >= 15 is 0 Å². The van der Waals surface area contributed by atoms with Crippen LogP contribution in [0.4, 0.5) is 0 Å². The number of amides is 1. The van der Waals surface area contributed by atoms with Crippen LogP contribution in [0.1, 0.15) is 27.3 Å². The van der Waals surface area contributed by atoms with Gasteiger partial charge >= 0.3 is 5.69 Å². The molecule has 2 heterocycles. The lowest BCUT2D eigenvalue weighted by Gasteiger charge is -2.27. The summed E-state index contributed by atoms with van der Waals surface area (Å²) >= 11 is 0. The minimum Gasteiger partial charge on any atom is -0.497 e. The first kappa shape index (κ1) is 19.0. The Bertz CT molecular complexity index is 1080. The number of methoxy groups -OCH3 is 1. The van der Waals surface area contributed by atoms with Gasteiger partial charge in [0.1, 0.15) is 5.75 Å². The third-order valence-electron chi connectivity index (χ3n) is 5.39. The van der Waals surface area contributed by atoms with Crippen molar-refractivity contribution in [3.8, 4) is 5.75 Å². The highest BCUT2D eigenvalue weighted by atomic mass is 16.5. The second-order valence-electron chi connectivity index (χ2n) is 7.23. The lowest BCUT2D eigenvalue weighted by Crippen LogP contribution is -2.42. The molecule has 0 aliphatic carbocycles. The van der Waals surface area contributed by atoms with Gasteiger partial charge in [-0.25, -0.2) is 9.48 Å². The smallest absolute Gasteiger partial charge is 0.346 e. The van der Waals surface area contributed by atoms with Crippen LogP contribution < -0.4 is 10.4 Å². The molecule has 29 heavy (non-hydrogen) atoms. The van der Waals surface area contributed by atoms with E-state index in [0.29, 0.717) is 32.6 Å². The van der Waals surface area contributed by atoms with Crippen LogP contribution in [-0.4, -0.2) is 38.8 Å². The van der Waals surface area contributed by atoms with E-state index in [1.165, 1.54) is 9.25 Å². The fourth-order valence-corrected chi connectivity index (χ4v) is 3.58. The van der Waals surface area contributed by atoms with E-state index in [1.54, 1.807) is 12.0 Å². The normalized spacial score (nSPS) is 13.4. The van der Waals surface area contributed by atoms with Gasteiger partial charge in [-0.05, 0) is 42.2 Å². The fourth-order valence-electron chi connectivity index (χ4n) is 3.58. The molecule has 0 radical (unpaired) electrons. The molecular formula is C22H24N4O3. The SMILES string of the molecule is COc1ccc(CCn2nc3n(c2=O)CCN(Cc2ccccc2C)C3=O)cc1. The van der Waals surface area contributed by atoms with Crippen LogP contribution in [0, 0.1) is 6.92 Å². The zero-order valence-electron chi connectivity index (χ0n) is 16.7. The van der Waals surface area contributed by atoms with Gasteiger partial charge in [-0.3, -0.25) is 9.36 Å². The lowest BCUT2D eigenvalue weighted by molar-refractivity contribution is 0.0681. The quantitative estimate of drug-likeness (QED) is 0.645. The molecule has 1 aliphatic heterocycles. The van der Waals surface area contributed by atoms with Crippen molar-refractivity contribution < 1.29 is 9.53 Å². The zero-order chi connectivity index (χ0) is 20.4. The summed E-state index contributed by atoms with van der Waals surface area (Å²) in [5, 5.41) is 4.35. The maximum absolute atomic E-state index is 12.9. The maximum Gasteiger partial charge on any atom is 0.346 e. The molecule has 2 aromatic carbocycles. The summed E-state index contributed by atoms with van der Waals surface area (Å²) < 4.78 is 8.05. The first-order valence-corrected chi connectivity index (χ1v) is 9.71. The van der Waals surface area contributed by atoms with E-state index in [-0.39, 0.29) is 17.4 Å². The van der Waals surface area contributed by atoms with Crippen LogP contribution in [0.25, 0.3) is 0 Å². The number of carbonyl (C=O) groups is 1. The van der Waals surface area contributed by atoms with Gasteiger partial charge in [0.25, 0.3) is 5.91 Å². The Morgan fingerprint density at radius 3 is 2.52 bits per heavy atom. The number of benzene rings is 2. The van der Waals surface area contributed by atoms with Gasteiger partial charge in [0.05, 0.1) is 13.7 Å². The molecule has 0 saturated heterocycles. The largest absolute Gasteiger partial charge is 0.497 e. The van der Waals surface area contributed by atoms with Crippen LogP contribution in [-0.2, 0) is 26.1 Å². The van der Waals surface area contributed by atoms with Crippen LogP contribution in [0.5, 0.6) is 5.75 Å². The second-order valence-corrected chi connectivity index (χ2v) is 7.23. The molecule has 7 heteroatoms. The third kappa shape index (κ3) is 3.81. The van der Waals surface area contributed by atoms with Crippen LogP contribution in [0.3, 0.4) is 0 Å². The van der Waals surface area contributed by atoms with Crippen molar-refractivity contribution in [3.05, 3.63) is 81.5 Å². The van der Waals surface area contributed by atoms with Crippen LogP contribution >= 0.6 is 0 Å². The molecule has 0 bridgehead atoms. The fraction of sp³-hybridized carbons (Fsp3) is 0.318. The first-order valence-electron chi connectivity index (χ1n) is 9.71. The monoisotopic (exact) mass is 392 g/mol. The number of aryl methyl sites for hydroxylation is 3. The Kier molecular flexibility index (Phi) is 5.20. The Balaban J connectivity index is 1.49. The molecule has 7 nitrogen and oxygen atoms in total. The highest BCUT2D eigenvalue weighted by Gasteiger charge is 2.29. The summed E-state index contributed by atoms with van der Waals surface area (Å²) in [6.07, 6.45) is 0.654. The molecule has 0 atom stereocenters. The van der Waals surface area contributed by atoms with Gasteiger partial charge in [-0.15, -0.1) is 5.10 Å². The number of carbonyl (C=O) groups excluding carboxylic acids is 1. The van der Waals surface area contributed by atoms with E-state index in [1.807, 2.05) is 55.5 Å². The van der Waals surface area contributed by atoms with Crippen molar-refractivity contribution in [1.29, 1.82) is 0 Å². The Morgan fingerprint density at radius 2 is 1.79 bits per heavy atom. The number of hydrogen-bond acceptors (Lipinski definition) is 4. The van der Waals surface area contributed by atoms with Crippen LogP contribution in [0.15, 0.2) is 53.3 Å². The molecule has 0 N–H and O–H groups in total. The molecule has 0 fully saturated rings. The molecule has 0 spiro atoms. The first-order chi connectivity index (χ1) is 14.1. The third-order valence-corrected chi connectivity index (χ3v) is 5.39. The average Bonchev–Trinajstić information content (AvgIpc) is 3.07. The molecule has 0 saturated carbocycles. The van der Waals surface area contributed by atoms with Crippen molar-refractivity contribution in [2.75, 3.05) is 13.7 Å². The van der Waals surface area contributed by atoms with Gasteiger partial charge < -0.3 is 9.64 Å². The number of ether oxygens (including phenoxy) is 1. The highest BCUT2D eigenvalue weighted by Crippen LogP contribution is 2.16. The molecule has 1 aromatic heterocycles. The van der Waals surface area contributed by atoms with Crippen LogP contribution in [0.2, 0.25) is 0 Å². The molecule has 1 amide bonds. The number of rotatable bonds is 6. The average molecular weight is 392 g/mol. The van der Waals surface area contributed by atoms with E-state index in [0.717, 1.165) is 22.4 Å². The summed E-state index contributed by atoms with van der Waals surface area (Å²) in [5.74, 6) is 0.826. The molecule has 4 rings (SSSR count). The Labute approximate surface area is 169 Å². The lowest BCUT2D eigenvalue weighted by atomic mass is 10.1. The van der Waals surface area contributed by atoms with E-state index < -0.39 is 0 Å². The van der Waals surface area contributed by atoms with Gasteiger partial charge in [-0.1, -0.05) is 36.4 Å². The van der Waals surface area contributed by atoms with Crippen molar-refractivity contribution in [3.63, 3.8) is 0 Å². The molecule has 0 unspecified atom stereocenters. The zero-order valence-corrected chi connectivity index (χ0v) is 16.7. The summed E-state index contributed by atoms with van der Waals surface area (Å²) in [6, 6.07) is 15.7. The van der Waals surface area contributed by atoms with E-state index in [9.17, 15) is 9.59 Å². The van der Waals surface area contributed by atoms with Crippen molar-refractivity contribution in [1.82, 2.24) is 19.2 Å². The van der Waals surface area contributed by atoms with Crippen molar-refractivity contribution >= 4 is 5.91 Å². The summed E-state index contributed by atoms with van der Waals surface area (Å²) in [7, 11) is 1.63. The number of fused-ring (bicyclic) bond motifs is 1. The number of aromatic nitrogens is 3. The maximum atomic E-state index is 12.9. The summed E-state index contributed by atoms with van der Waals surface area (Å²) in [4.78, 5) is 27.4. The van der Waals surface area contributed by atoms with E-state index in [2.05, 4.69) is 5.10 Å². The van der Waals surface area contributed by atoms with E-state index in [4.69, 9.17) is 4.74 Å². The topological polar surface area (TPSA) is 69.4 Å². The molecular weight excluding hydrogens is 368 g/mol. The van der Waals surface area contributed by atoms with Gasteiger partial charge in [-0.2, -0.15) is 0 Å². The Hall–Kier alpha value is -3.35. The molecule has 1 aliphatic rings. The Morgan fingerprint density at radius 1 is 1.03 bits per heavy atom. The van der Waals surface area contributed by atoms with Crippen molar-refractivity contribution in [2.45, 2.75) is 33.0 Å². The number of nitrogens with zero attached hydrogens (tertiary/aromatic N) is 4. The minimum atomic E-state index is -0.225. The predicted molar refractivity (Wildman–Crippen MR) is 109 cm³/mol. The summed E-state index contributed by atoms with van der Waals surface area (Å²) in [5.41, 5.74) is 3.11. The predicted octanol–water partition coefficient (Wildman–Crippen LogP) is 2.26. The number of hydrogen-bond donors (Lipinski definition) is 0. The van der Waals surface area contributed by atoms with Gasteiger partial charge in [0, 0.05) is 19.6 Å². The summed E-state index contributed by atoms with van der Waals surface area (Å²) in [6.45, 7) is 3.96. The van der Waals surface area contributed by atoms with Crippen molar-refractivity contribution in [2.24, 2.45) is 0 Å². The second kappa shape index (κ2) is 7.95. The molecule has 150 valence electrons. The van der Waals surface area contributed by atoms with Gasteiger partial charge in [0.2, 0.25) is 5.82 Å². The molecule has 3 aromatic rings. The van der Waals surface area contributed by atoms with Gasteiger partial charge in [0.15, 0.2) is 0 Å². The highest BCUT2D eigenvalue weighted by molar-refractivity contribution is 5.91.